The lowest BCUT2D eigenvalue weighted by atomic mass is 10.1. The first-order chi connectivity index (χ1) is 18.9. The summed E-state index contributed by atoms with van der Waals surface area (Å²) < 4.78 is 13.1. The Hall–Kier alpha value is -4.28. The average Bonchev–Trinajstić information content (AvgIpc) is 3.38. The predicted octanol–water partition coefficient (Wildman–Crippen LogP) is 4.20. The first-order valence-electron chi connectivity index (χ1n) is 13.0. The Morgan fingerprint density at radius 2 is 1.85 bits per heavy atom. The van der Waals surface area contributed by atoms with E-state index < -0.39 is 0 Å². The third-order valence-corrected chi connectivity index (χ3v) is 6.59. The van der Waals surface area contributed by atoms with Crippen LogP contribution in [0.1, 0.15) is 21.5 Å². The summed E-state index contributed by atoms with van der Waals surface area (Å²) in [6.45, 7) is 8.75. The Bertz CT molecular complexity index is 1430. The molecule has 4 aromatic rings. The predicted molar refractivity (Wildman–Crippen MR) is 151 cm³/mol. The molecule has 39 heavy (non-hydrogen) atoms. The van der Waals surface area contributed by atoms with E-state index in [1.807, 2.05) is 57.4 Å². The number of nitrogens with zero attached hydrogens (tertiary/aromatic N) is 5. The van der Waals surface area contributed by atoms with E-state index in [1.54, 1.807) is 29.2 Å². The fourth-order valence-electron chi connectivity index (χ4n) is 4.31. The van der Waals surface area contributed by atoms with Gasteiger partial charge in [-0.15, -0.1) is 0 Å². The monoisotopic (exact) mass is 527 g/mol. The molecule has 0 atom stereocenters. The average molecular weight is 528 g/mol. The highest BCUT2D eigenvalue weighted by molar-refractivity contribution is 6.05. The number of hydrogen-bond donors (Lipinski definition) is 2. The van der Waals surface area contributed by atoms with Crippen LogP contribution in [0.4, 0.5) is 17.3 Å². The zero-order valence-corrected chi connectivity index (χ0v) is 22.5. The van der Waals surface area contributed by atoms with Crippen LogP contribution in [0, 0.1) is 13.8 Å². The second-order valence-corrected chi connectivity index (χ2v) is 9.56. The number of aryl methyl sites for hydroxylation is 3. The molecule has 3 heterocycles. The molecule has 1 aliphatic heterocycles. The summed E-state index contributed by atoms with van der Waals surface area (Å²) in [5.41, 5.74) is 5.71. The topological polar surface area (TPSA) is 106 Å². The zero-order valence-electron chi connectivity index (χ0n) is 22.5. The van der Waals surface area contributed by atoms with Gasteiger partial charge in [0.2, 0.25) is 5.95 Å². The van der Waals surface area contributed by atoms with Gasteiger partial charge < -0.3 is 20.1 Å². The maximum absolute atomic E-state index is 13.0. The number of carbonyl (C=O) groups is 1. The highest BCUT2D eigenvalue weighted by Gasteiger charge is 2.13. The molecule has 2 N–H and O–H groups in total. The summed E-state index contributed by atoms with van der Waals surface area (Å²) >= 11 is 0. The van der Waals surface area contributed by atoms with Crippen molar-refractivity contribution < 1.29 is 14.3 Å². The van der Waals surface area contributed by atoms with E-state index in [0.29, 0.717) is 18.1 Å². The van der Waals surface area contributed by atoms with E-state index in [2.05, 4.69) is 30.6 Å². The molecular weight excluding hydrogens is 494 g/mol. The molecule has 10 nitrogen and oxygen atoms in total. The third kappa shape index (κ3) is 6.78. The molecule has 1 fully saturated rings. The largest absolute Gasteiger partial charge is 0.492 e. The Balaban J connectivity index is 1.19. The van der Waals surface area contributed by atoms with Crippen molar-refractivity contribution in [3.63, 3.8) is 0 Å². The van der Waals surface area contributed by atoms with Crippen molar-refractivity contribution in [1.82, 2.24) is 24.6 Å². The number of benzene rings is 2. The second kappa shape index (κ2) is 12.1. The molecule has 0 unspecified atom stereocenters. The standard InChI is InChI=1S/C29H33N7O3/c1-20-4-9-25(39-15-12-36-10-13-38-14-11-36)16-26(20)33-28(37)22-5-7-24(8-6-22)32-29-30-17-21(2)27(34-29)23-18-31-35(3)19-23/h4-9,16-19H,10-15H2,1-3H3,(H,33,37)(H,30,32,34). The smallest absolute Gasteiger partial charge is 0.255 e. The van der Waals surface area contributed by atoms with Crippen molar-refractivity contribution in [3.05, 3.63) is 77.7 Å². The molecule has 2 aromatic heterocycles. The summed E-state index contributed by atoms with van der Waals surface area (Å²) in [5, 5.41) is 10.5. The molecule has 10 heteroatoms. The van der Waals surface area contributed by atoms with Gasteiger partial charge in [-0.2, -0.15) is 5.10 Å². The van der Waals surface area contributed by atoms with Crippen LogP contribution in [0.15, 0.2) is 61.1 Å². The normalized spacial score (nSPS) is 13.7. The van der Waals surface area contributed by atoms with Crippen LogP contribution in [-0.2, 0) is 11.8 Å². The first-order valence-corrected chi connectivity index (χ1v) is 13.0. The Morgan fingerprint density at radius 3 is 2.59 bits per heavy atom. The van der Waals surface area contributed by atoms with Crippen LogP contribution >= 0.6 is 0 Å². The molecule has 0 spiro atoms. The molecular formula is C29H33N7O3. The van der Waals surface area contributed by atoms with Gasteiger partial charge in [0.25, 0.3) is 5.91 Å². The van der Waals surface area contributed by atoms with Gasteiger partial charge in [0.15, 0.2) is 0 Å². The van der Waals surface area contributed by atoms with E-state index in [1.165, 1.54) is 0 Å². The van der Waals surface area contributed by atoms with E-state index in [9.17, 15) is 4.79 Å². The Kier molecular flexibility index (Phi) is 8.14. The van der Waals surface area contributed by atoms with Gasteiger partial charge in [0, 0.05) is 67.6 Å². The van der Waals surface area contributed by atoms with Crippen LogP contribution in [0.3, 0.4) is 0 Å². The fourth-order valence-corrected chi connectivity index (χ4v) is 4.31. The molecule has 2 aromatic carbocycles. The molecule has 0 bridgehead atoms. The van der Waals surface area contributed by atoms with E-state index in [4.69, 9.17) is 9.47 Å². The van der Waals surface area contributed by atoms with Gasteiger partial charge in [-0.1, -0.05) is 6.07 Å². The minimum atomic E-state index is -0.194. The lowest BCUT2D eigenvalue weighted by Gasteiger charge is -2.26. The fraction of sp³-hybridized carbons (Fsp3) is 0.310. The summed E-state index contributed by atoms with van der Waals surface area (Å²) in [6, 6.07) is 13.0. The summed E-state index contributed by atoms with van der Waals surface area (Å²) in [4.78, 5) is 24.4. The zero-order chi connectivity index (χ0) is 27.2. The summed E-state index contributed by atoms with van der Waals surface area (Å²) in [6.07, 6.45) is 5.48. The number of carbonyl (C=O) groups excluding carboxylic acids is 1. The molecule has 0 saturated carbocycles. The number of morpholine rings is 1. The van der Waals surface area contributed by atoms with Gasteiger partial charge in [-0.25, -0.2) is 9.97 Å². The molecule has 1 aliphatic rings. The summed E-state index contributed by atoms with van der Waals surface area (Å²) in [5.74, 6) is 1.01. The number of hydrogen-bond acceptors (Lipinski definition) is 8. The number of anilines is 3. The van der Waals surface area contributed by atoms with Crippen LogP contribution in [0.2, 0.25) is 0 Å². The minimum Gasteiger partial charge on any atom is -0.492 e. The van der Waals surface area contributed by atoms with Crippen LogP contribution in [0.25, 0.3) is 11.3 Å². The van der Waals surface area contributed by atoms with Crippen molar-refractivity contribution in [2.24, 2.45) is 7.05 Å². The van der Waals surface area contributed by atoms with Gasteiger partial charge in [-0.05, 0) is 55.3 Å². The van der Waals surface area contributed by atoms with Crippen LogP contribution in [-0.4, -0.2) is 70.0 Å². The van der Waals surface area contributed by atoms with Crippen LogP contribution < -0.4 is 15.4 Å². The SMILES string of the molecule is Cc1ccc(OCCN2CCOCC2)cc1NC(=O)c1ccc(Nc2ncc(C)c(-c3cnn(C)c3)n2)cc1. The third-order valence-electron chi connectivity index (χ3n) is 6.59. The van der Waals surface area contributed by atoms with E-state index in [-0.39, 0.29) is 5.91 Å². The van der Waals surface area contributed by atoms with Crippen molar-refractivity contribution in [2.45, 2.75) is 13.8 Å². The van der Waals surface area contributed by atoms with Gasteiger partial charge in [0.05, 0.1) is 25.1 Å². The maximum atomic E-state index is 13.0. The van der Waals surface area contributed by atoms with Crippen molar-refractivity contribution >= 4 is 23.2 Å². The van der Waals surface area contributed by atoms with Crippen LogP contribution in [0.5, 0.6) is 5.75 Å². The van der Waals surface area contributed by atoms with Crippen molar-refractivity contribution in [2.75, 3.05) is 50.1 Å². The molecule has 0 aliphatic carbocycles. The van der Waals surface area contributed by atoms with E-state index >= 15 is 0 Å². The molecule has 0 radical (unpaired) electrons. The van der Waals surface area contributed by atoms with Crippen molar-refractivity contribution in [1.29, 1.82) is 0 Å². The number of aromatic nitrogens is 4. The number of nitrogens with one attached hydrogen (secondary N) is 2. The van der Waals surface area contributed by atoms with Crippen molar-refractivity contribution in [3.8, 4) is 17.0 Å². The Morgan fingerprint density at radius 1 is 1.05 bits per heavy atom. The highest BCUT2D eigenvalue weighted by Crippen LogP contribution is 2.25. The van der Waals surface area contributed by atoms with E-state index in [0.717, 1.165) is 72.4 Å². The van der Waals surface area contributed by atoms with Gasteiger partial charge in [0.1, 0.15) is 12.4 Å². The van der Waals surface area contributed by atoms with Gasteiger partial charge in [-0.3, -0.25) is 14.4 Å². The highest BCUT2D eigenvalue weighted by atomic mass is 16.5. The maximum Gasteiger partial charge on any atom is 0.255 e. The molecule has 1 amide bonds. The molecule has 202 valence electrons. The number of amides is 1. The summed E-state index contributed by atoms with van der Waals surface area (Å²) in [7, 11) is 1.87. The lowest BCUT2D eigenvalue weighted by Crippen LogP contribution is -2.38. The van der Waals surface area contributed by atoms with Gasteiger partial charge >= 0.3 is 0 Å². The Labute approximate surface area is 228 Å². The molecule has 1 saturated heterocycles. The lowest BCUT2D eigenvalue weighted by molar-refractivity contribution is 0.0322. The number of ether oxygens (including phenoxy) is 2. The second-order valence-electron chi connectivity index (χ2n) is 9.56. The first kappa shape index (κ1) is 26.3. The quantitative estimate of drug-likeness (QED) is 0.334. The molecule has 5 rings (SSSR count). The number of rotatable bonds is 9. The minimum absolute atomic E-state index is 0.194.